The Bertz CT molecular complexity index is 305. The van der Waals surface area contributed by atoms with Crippen molar-refractivity contribution in [2.75, 3.05) is 0 Å². The minimum Gasteiger partial charge on any atom is -0.245 e. The van der Waals surface area contributed by atoms with Crippen molar-refractivity contribution in [3.05, 3.63) is 48.9 Å². The van der Waals surface area contributed by atoms with E-state index in [2.05, 4.69) is 16.0 Å². The molecule has 0 saturated heterocycles. The number of hydrogen-bond donors (Lipinski definition) is 0. The van der Waals surface area contributed by atoms with E-state index < -0.39 is 0 Å². The van der Waals surface area contributed by atoms with Crippen LogP contribution in [0.2, 0.25) is 0 Å². The largest absolute Gasteiger partial charge is 0.245 e. The van der Waals surface area contributed by atoms with Crippen LogP contribution in [0.4, 0.5) is 0 Å². The van der Waals surface area contributed by atoms with Gasteiger partial charge < -0.3 is 0 Å². The quantitative estimate of drug-likeness (QED) is 0.629. The first-order chi connectivity index (χ1) is 5.97. The molecular weight excluding hydrogens is 148 g/mol. The van der Waals surface area contributed by atoms with Crippen LogP contribution >= 0.6 is 0 Å². The summed E-state index contributed by atoms with van der Waals surface area (Å²) in [5.74, 6) is 0. The fourth-order valence-electron chi connectivity index (χ4n) is 1.00. The van der Waals surface area contributed by atoms with Gasteiger partial charge in [0.1, 0.15) is 6.33 Å². The van der Waals surface area contributed by atoms with Gasteiger partial charge in [-0.3, -0.25) is 0 Å². The van der Waals surface area contributed by atoms with Gasteiger partial charge in [-0.25, -0.2) is 9.97 Å². The summed E-state index contributed by atoms with van der Waals surface area (Å²) in [6, 6.07) is 12.7. The highest BCUT2D eigenvalue weighted by Gasteiger charge is 1.94. The van der Waals surface area contributed by atoms with Crippen molar-refractivity contribution in [3.63, 3.8) is 0 Å². The molecule has 1 aromatic heterocycles. The van der Waals surface area contributed by atoms with Gasteiger partial charge in [0, 0.05) is 11.8 Å². The molecule has 0 fully saturated rings. The van der Waals surface area contributed by atoms with E-state index in [1.165, 1.54) is 6.33 Å². The van der Waals surface area contributed by atoms with Crippen LogP contribution in [0.25, 0.3) is 11.3 Å². The molecule has 0 aliphatic heterocycles. The van der Waals surface area contributed by atoms with Crippen LogP contribution in [-0.2, 0) is 0 Å². The monoisotopic (exact) mass is 155 g/mol. The van der Waals surface area contributed by atoms with Crippen LogP contribution in [0.5, 0.6) is 0 Å². The Morgan fingerprint density at radius 1 is 1.17 bits per heavy atom. The lowest BCUT2D eigenvalue weighted by Crippen LogP contribution is -1.82. The van der Waals surface area contributed by atoms with E-state index in [9.17, 15) is 0 Å². The zero-order valence-corrected chi connectivity index (χ0v) is 6.44. The molecule has 0 atom stereocenters. The van der Waals surface area contributed by atoms with Crippen molar-refractivity contribution in [2.45, 2.75) is 0 Å². The molecule has 1 aromatic carbocycles. The van der Waals surface area contributed by atoms with Gasteiger partial charge in [-0.05, 0) is 12.1 Å². The first kappa shape index (κ1) is 6.98. The summed E-state index contributed by atoms with van der Waals surface area (Å²) in [5.41, 5.74) is 1.91. The molecule has 0 N–H and O–H groups in total. The lowest BCUT2D eigenvalue weighted by Gasteiger charge is -1.96. The maximum atomic E-state index is 4.11. The van der Waals surface area contributed by atoms with Crippen molar-refractivity contribution >= 4 is 0 Å². The Morgan fingerprint density at radius 2 is 2.17 bits per heavy atom. The van der Waals surface area contributed by atoms with E-state index in [0.717, 1.165) is 11.3 Å². The lowest BCUT2D eigenvalue weighted by atomic mass is 10.1. The van der Waals surface area contributed by atoms with Gasteiger partial charge in [0.15, 0.2) is 0 Å². The zero-order chi connectivity index (χ0) is 8.23. The highest BCUT2D eigenvalue weighted by molar-refractivity contribution is 5.56. The van der Waals surface area contributed by atoms with E-state index >= 15 is 0 Å². The standard InChI is InChI=1S/C10H7N2/c1-2-4-9(5-3-1)10-6-7-11-8-12-10/h1-4,6-8H. The maximum Gasteiger partial charge on any atom is 0.116 e. The molecule has 12 heavy (non-hydrogen) atoms. The third-order valence-electron chi connectivity index (χ3n) is 1.57. The molecule has 0 aliphatic rings. The fourth-order valence-corrected chi connectivity index (χ4v) is 1.00. The van der Waals surface area contributed by atoms with Gasteiger partial charge >= 0.3 is 0 Å². The summed E-state index contributed by atoms with van der Waals surface area (Å²) in [5, 5.41) is 0. The first-order valence-electron chi connectivity index (χ1n) is 3.70. The second kappa shape index (κ2) is 3.13. The summed E-state index contributed by atoms with van der Waals surface area (Å²) >= 11 is 0. The molecule has 0 saturated carbocycles. The molecule has 2 aromatic rings. The van der Waals surface area contributed by atoms with Crippen LogP contribution in [0.1, 0.15) is 0 Å². The Kier molecular flexibility index (Phi) is 1.82. The molecular formula is C10H7N2. The van der Waals surface area contributed by atoms with Crippen molar-refractivity contribution in [3.8, 4) is 11.3 Å². The minimum atomic E-state index is 0.908. The number of aromatic nitrogens is 2. The minimum absolute atomic E-state index is 0.908. The Balaban J connectivity index is 2.46. The fraction of sp³-hybridized carbons (Fsp3) is 0. The third kappa shape index (κ3) is 1.32. The van der Waals surface area contributed by atoms with Crippen LogP contribution in [0.15, 0.2) is 42.9 Å². The zero-order valence-electron chi connectivity index (χ0n) is 6.44. The molecule has 0 bridgehead atoms. The van der Waals surface area contributed by atoms with Gasteiger partial charge in [-0.2, -0.15) is 0 Å². The van der Waals surface area contributed by atoms with Crippen LogP contribution in [0, 0.1) is 6.07 Å². The predicted molar refractivity (Wildman–Crippen MR) is 46.3 cm³/mol. The van der Waals surface area contributed by atoms with Crippen LogP contribution in [-0.4, -0.2) is 9.97 Å². The number of rotatable bonds is 1. The summed E-state index contributed by atoms with van der Waals surface area (Å²) in [4.78, 5) is 7.95. The van der Waals surface area contributed by atoms with Crippen LogP contribution < -0.4 is 0 Å². The average Bonchev–Trinajstić information content (AvgIpc) is 2.21. The topological polar surface area (TPSA) is 25.8 Å². The lowest BCUT2D eigenvalue weighted by molar-refractivity contribution is 1.17. The molecule has 1 heterocycles. The van der Waals surface area contributed by atoms with Crippen molar-refractivity contribution in [1.29, 1.82) is 0 Å². The molecule has 2 heteroatoms. The first-order valence-corrected chi connectivity index (χ1v) is 3.70. The molecule has 1 radical (unpaired) electrons. The maximum absolute atomic E-state index is 4.11. The van der Waals surface area contributed by atoms with Gasteiger partial charge in [0.25, 0.3) is 0 Å². The molecule has 57 valence electrons. The number of nitrogens with zero attached hydrogens (tertiary/aromatic N) is 2. The summed E-state index contributed by atoms with van der Waals surface area (Å²) in [6.07, 6.45) is 3.26. The van der Waals surface area contributed by atoms with E-state index in [4.69, 9.17) is 0 Å². The molecule has 0 amide bonds. The predicted octanol–water partition coefficient (Wildman–Crippen LogP) is 1.94. The Hall–Kier alpha value is -1.70. The molecule has 0 unspecified atom stereocenters. The molecule has 2 nitrogen and oxygen atoms in total. The SMILES string of the molecule is [c]1ccccc1-c1ccncn1. The number of hydrogen-bond acceptors (Lipinski definition) is 2. The van der Waals surface area contributed by atoms with E-state index in [1.807, 2.05) is 30.3 Å². The van der Waals surface area contributed by atoms with Crippen LogP contribution in [0.3, 0.4) is 0 Å². The summed E-state index contributed by atoms with van der Waals surface area (Å²) < 4.78 is 0. The van der Waals surface area contributed by atoms with E-state index in [-0.39, 0.29) is 0 Å². The van der Waals surface area contributed by atoms with E-state index in [0.29, 0.717) is 0 Å². The van der Waals surface area contributed by atoms with Gasteiger partial charge in [0.05, 0.1) is 5.69 Å². The second-order valence-corrected chi connectivity index (χ2v) is 2.37. The number of benzene rings is 1. The third-order valence-corrected chi connectivity index (χ3v) is 1.57. The van der Waals surface area contributed by atoms with Crippen molar-refractivity contribution in [2.24, 2.45) is 0 Å². The van der Waals surface area contributed by atoms with Crippen molar-refractivity contribution in [1.82, 2.24) is 9.97 Å². The second-order valence-electron chi connectivity index (χ2n) is 2.37. The highest BCUT2D eigenvalue weighted by atomic mass is 14.8. The summed E-state index contributed by atoms with van der Waals surface area (Å²) in [6.45, 7) is 0. The average molecular weight is 155 g/mol. The van der Waals surface area contributed by atoms with Gasteiger partial charge in [-0.15, -0.1) is 0 Å². The van der Waals surface area contributed by atoms with Crippen molar-refractivity contribution < 1.29 is 0 Å². The van der Waals surface area contributed by atoms with Gasteiger partial charge in [-0.1, -0.05) is 24.3 Å². The van der Waals surface area contributed by atoms with Gasteiger partial charge in [0.2, 0.25) is 0 Å². The van der Waals surface area contributed by atoms with E-state index in [1.54, 1.807) is 6.20 Å². The molecule has 2 rings (SSSR count). The normalized spacial score (nSPS) is 9.67. The molecule has 0 aliphatic carbocycles. The smallest absolute Gasteiger partial charge is 0.116 e. The highest BCUT2D eigenvalue weighted by Crippen LogP contribution is 2.12. The Labute approximate surface area is 70.9 Å². The summed E-state index contributed by atoms with van der Waals surface area (Å²) in [7, 11) is 0. The molecule has 0 spiro atoms. The Morgan fingerprint density at radius 3 is 2.83 bits per heavy atom.